The van der Waals surface area contributed by atoms with E-state index < -0.39 is 5.97 Å². The van der Waals surface area contributed by atoms with Gasteiger partial charge in [0.25, 0.3) is 0 Å². The molecule has 0 aliphatic carbocycles. The number of nitrogens with one attached hydrogen (secondary N) is 2. The van der Waals surface area contributed by atoms with Crippen molar-refractivity contribution in [1.29, 1.82) is 0 Å². The molecule has 0 aliphatic heterocycles. The SMILES string of the molecule is CC(CCC(=O)O)CNC(=O)Nc1cccc(Br)c1. The number of carbonyl (C=O) groups is 2. The predicted molar refractivity (Wildman–Crippen MR) is 77.2 cm³/mol. The van der Waals surface area contributed by atoms with E-state index in [1.54, 1.807) is 12.1 Å². The van der Waals surface area contributed by atoms with Crippen LogP contribution >= 0.6 is 15.9 Å². The number of halogens is 1. The fraction of sp³-hybridized carbons (Fsp3) is 0.385. The van der Waals surface area contributed by atoms with Crippen LogP contribution in [0.2, 0.25) is 0 Å². The lowest BCUT2D eigenvalue weighted by molar-refractivity contribution is -0.137. The molecule has 5 nitrogen and oxygen atoms in total. The van der Waals surface area contributed by atoms with E-state index in [1.165, 1.54) is 0 Å². The van der Waals surface area contributed by atoms with Gasteiger partial charge in [-0.1, -0.05) is 28.9 Å². The molecule has 0 spiro atoms. The van der Waals surface area contributed by atoms with Crippen molar-refractivity contribution in [3.05, 3.63) is 28.7 Å². The molecular weight excluding hydrogens is 312 g/mol. The zero-order chi connectivity index (χ0) is 14.3. The van der Waals surface area contributed by atoms with Gasteiger partial charge in [-0.3, -0.25) is 4.79 Å². The Labute approximate surface area is 120 Å². The predicted octanol–water partition coefficient (Wildman–Crippen LogP) is 3.07. The van der Waals surface area contributed by atoms with Gasteiger partial charge in [0.15, 0.2) is 0 Å². The largest absolute Gasteiger partial charge is 0.481 e. The Morgan fingerprint density at radius 2 is 2.16 bits per heavy atom. The fourth-order valence-electron chi connectivity index (χ4n) is 1.48. The Morgan fingerprint density at radius 3 is 2.79 bits per heavy atom. The Hall–Kier alpha value is -1.56. The van der Waals surface area contributed by atoms with Crippen molar-refractivity contribution in [2.75, 3.05) is 11.9 Å². The van der Waals surface area contributed by atoms with Crippen LogP contribution in [0.1, 0.15) is 19.8 Å². The van der Waals surface area contributed by atoms with Gasteiger partial charge in [-0.25, -0.2) is 4.79 Å². The van der Waals surface area contributed by atoms with Gasteiger partial charge in [-0.15, -0.1) is 0 Å². The number of carboxylic acid groups (broad SMARTS) is 1. The van der Waals surface area contributed by atoms with Crippen LogP contribution in [0.5, 0.6) is 0 Å². The van der Waals surface area contributed by atoms with Gasteiger partial charge >= 0.3 is 12.0 Å². The molecule has 1 atom stereocenters. The third kappa shape index (κ3) is 6.81. The van der Waals surface area contributed by atoms with Crippen molar-refractivity contribution in [2.24, 2.45) is 5.92 Å². The normalized spacial score (nSPS) is 11.7. The summed E-state index contributed by atoms with van der Waals surface area (Å²) in [5, 5.41) is 14.0. The smallest absolute Gasteiger partial charge is 0.319 e. The van der Waals surface area contributed by atoms with E-state index in [2.05, 4.69) is 26.6 Å². The first-order valence-electron chi connectivity index (χ1n) is 5.99. The summed E-state index contributed by atoms with van der Waals surface area (Å²) in [6, 6.07) is 7.00. The summed E-state index contributed by atoms with van der Waals surface area (Å²) in [6.07, 6.45) is 0.669. The summed E-state index contributed by atoms with van der Waals surface area (Å²) in [4.78, 5) is 22.0. The molecule has 0 aliphatic rings. The highest BCUT2D eigenvalue weighted by atomic mass is 79.9. The molecule has 1 unspecified atom stereocenters. The monoisotopic (exact) mass is 328 g/mol. The number of hydrogen-bond acceptors (Lipinski definition) is 2. The van der Waals surface area contributed by atoms with Crippen LogP contribution in [0, 0.1) is 5.92 Å². The Morgan fingerprint density at radius 1 is 1.42 bits per heavy atom. The second-order valence-corrected chi connectivity index (χ2v) is 5.30. The van der Waals surface area contributed by atoms with Crippen LogP contribution in [-0.4, -0.2) is 23.7 Å². The minimum absolute atomic E-state index is 0.121. The van der Waals surface area contributed by atoms with E-state index in [1.807, 2.05) is 19.1 Å². The van der Waals surface area contributed by atoms with Crippen LogP contribution in [0.25, 0.3) is 0 Å². The lowest BCUT2D eigenvalue weighted by Gasteiger charge is -2.12. The molecule has 0 bridgehead atoms. The minimum atomic E-state index is -0.814. The summed E-state index contributed by atoms with van der Waals surface area (Å²) >= 11 is 3.32. The van der Waals surface area contributed by atoms with Gasteiger partial charge in [0.1, 0.15) is 0 Å². The number of urea groups is 1. The maximum absolute atomic E-state index is 11.6. The maximum atomic E-state index is 11.6. The van der Waals surface area contributed by atoms with E-state index in [0.29, 0.717) is 18.7 Å². The zero-order valence-corrected chi connectivity index (χ0v) is 12.2. The highest BCUT2D eigenvalue weighted by molar-refractivity contribution is 9.10. The zero-order valence-electron chi connectivity index (χ0n) is 10.6. The average molecular weight is 329 g/mol. The molecule has 1 aromatic carbocycles. The lowest BCUT2D eigenvalue weighted by Crippen LogP contribution is -2.32. The van der Waals surface area contributed by atoms with Crippen molar-refractivity contribution in [1.82, 2.24) is 5.32 Å². The van der Waals surface area contributed by atoms with Crippen LogP contribution in [0.3, 0.4) is 0 Å². The molecule has 0 aromatic heterocycles. The number of benzene rings is 1. The number of carboxylic acids is 1. The quantitative estimate of drug-likeness (QED) is 0.750. The highest BCUT2D eigenvalue weighted by Gasteiger charge is 2.07. The number of amides is 2. The molecule has 19 heavy (non-hydrogen) atoms. The molecule has 0 saturated carbocycles. The fourth-order valence-corrected chi connectivity index (χ4v) is 1.88. The van der Waals surface area contributed by atoms with Crippen molar-refractivity contribution >= 4 is 33.6 Å². The Bertz CT molecular complexity index is 451. The second-order valence-electron chi connectivity index (χ2n) is 4.38. The summed E-state index contributed by atoms with van der Waals surface area (Å²) in [5.41, 5.74) is 0.699. The van der Waals surface area contributed by atoms with Crippen molar-refractivity contribution < 1.29 is 14.7 Å². The number of carbonyl (C=O) groups excluding carboxylic acids is 1. The molecule has 1 rings (SSSR count). The minimum Gasteiger partial charge on any atom is -0.481 e. The number of aliphatic carboxylic acids is 1. The molecule has 6 heteroatoms. The van der Waals surface area contributed by atoms with Gasteiger partial charge in [0.2, 0.25) is 0 Å². The third-order valence-corrected chi connectivity index (χ3v) is 3.04. The van der Waals surface area contributed by atoms with Crippen LogP contribution < -0.4 is 10.6 Å². The first-order chi connectivity index (χ1) is 8.97. The summed E-state index contributed by atoms with van der Waals surface area (Å²) in [6.45, 7) is 2.36. The van der Waals surface area contributed by atoms with Gasteiger partial charge in [0, 0.05) is 23.1 Å². The molecule has 0 fully saturated rings. The van der Waals surface area contributed by atoms with Crippen molar-refractivity contribution in [3.63, 3.8) is 0 Å². The average Bonchev–Trinajstić information content (AvgIpc) is 2.34. The first kappa shape index (κ1) is 15.5. The molecule has 104 valence electrons. The third-order valence-electron chi connectivity index (χ3n) is 2.54. The summed E-state index contributed by atoms with van der Waals surface area (Å²) in [5.74, 6) is -0.685. The van der Waals surface area contributed by atoms with E-state index in [0.717, 1.165) is 4.47 Å². The standard InChI is InChI=1S/C13H17BrN2O3/c1-9(5-6-12(17)18)8-15-13(19)16-11-4-2-3-10(14)7-11/h2-4,7,9H,5-6,8H2,1H3,(H,17,18)(H2,15,16,19). The molecule has 2 amide bonds. The summed E-state index contributed by atoms with van der Waals surface area (Å²) < 4.78 is 0.889. The van der Waals surface area contributed by atoms with Crippen LogP contribution in [0.4, 0.5) is 10.5 Å². The van der Waals surface area contributed by atoms with Gasteiger partial charge in [0.05, 0.1) is 0 Å². The number of anilines is 1. The number of rotatable bonds is 6. The Kier molecular flexibility index (Phi) is 6.35. The molecule has 1 aromatic rings. The molecule has 0 radical (unpaired) electrons. The molecular formula is C13H17BrN2O3. The first-order valence-corrected chi connectivity index (χ1v) is 6.79. The van der Waals surface area contributed by atoms with E-state index in [-0.39, 0.29) is 18.4 Å². The van der Waals surface area contributed by atoms with E-state index in [9.17, 15) is 9.59 Å². The molecule has 3 N–H and O–H groups in total. The molecule has 0 saturated heterocycles. The van der Waals surface area contributed by atoms with Crippen LogP contribution in [-0.2, 0) is 4.79 Å². The lowest BCUT2D eigenvalue weighted by atomic mass is 10.1. The van der Waals surface area contributed by atoms with E-state index in [4.69, 9.17) is 5.11 Å². The van der Waals surface area contributed by atoms with E-state index >= 15 is 0 Å². The highest BCUT2D eigenvalue weighted by Crippen LogP contribution is 2.15. The maximum Gasteiger partial charge on any atom is 0.319 e. The molecule has 0 heterocycles. The van der Waals surface area contributed by atoms with Crippen molar-refractivity contribution in [3.8, 4) is 0 Å². The summed E-state index contributed by atoms with van der Waals surface area (Å²) in [7, 11) is 0. The van der Waals surface area contributed by atoms with Crippen molar-refractivity contribution in [2.45, 2.75) is 19.8 Å². The Balaban J connectivity index is 2.30. The van der Waals surface area contributed by atoms with Crippen LogP contribution in [0.15, 0.2) is 28.7 Å². The second kappa shape index (κ2) is 7.78. The number of hydrogen-bond donors (Lipinski definition) is 3. The topological polar surface area (TPSA) is 78.4 Å². The van der Waals surface area contributed by atoms with Gasteiger partial charge in [-0.2, -0.15) is 0 Å². The van der Waals surface area contributed by atoms with Gasteiger partial charge < -0.3 is 15.7 Å². The van der Waals surface area contributed by atoms with Gasteiger partial charge in [-0.05, 0) is 30.5 Å².